The standard InChI is InChI=1S/C13H21BrN2S/c1-13(2,3)12-8-15-5-6-16(12)9-11-10(14)4-7-17-11/h4,7,12,15H,5-6,8-9H2,1-3H3. The molecule has 96 valence electrons. The normalized spacial score (nSPS) is 22.9. The summed E-state index contributed by atoms with van der Waals surface area (Å²) in [7, 11) is 0. The maximum absolute atomic E-state index is 3.63. The van der Waals surface area contributed by atoms with Gasteiger partial charge in [-0.05, 0) is 32.8 Å². The van der Waals surface area contributed by atoms with Crippen molar-refractivity contribution >= 4 is 27.3 Å². The summed E-state index contributed by atoms with van der Waals surface area (Å²) in [6.07, 6.45) is 0. The summed E-state index contributed by atoms with van der Waals surface area (Å²) in [5, 5.41) is 5.68. The van der Waals surface area contributed by atoms with E-state index in [0.29, 0.717) is 11.5 Å². The van der Waals surface area contributed by atoms with Crippen molar-refractivity contribution in [3.8, 4) is 0 Å². The third kappa shape index (κ3) is 3.31. The van der Waals surface area contributed by atoms with Crippen molar-refractivity contribution in [3.05, 3.63) is 20.8 Å². The van der Waals surface area contributed by atoms with Crippen LogP contribution in [-0.2, 0) is 6.54 Å². The Morgan fingerprint density at radius 1 is 1.53 bits per heavy atom. The Kier molecular flexibility index (Phi) is 4.29. The zero-order valence-electron chi connectivity index (χ0n) is 10.8. The largest absolute Gasteiger partial charge is 0.314 e. The molecule has 0 spiro atoms. The number of halogens is 1. The molecule has 2 rings (SSSR count). The number of piperazine rings is 1. The highest BCUT2D eigenvalue weighted by molar-refractivity contribution is 9.10. The van der Waals surface area contributed by atoms with Gasteiger partial charge < -0.3 is 5.32 Å². The molecule has 1 aliphatic rings. The van der Waals surface area contributed by atoms with Crippen LogP contribution in [0.5, 0.6) is 0 Å². The van der Waals surface area contributed by atoms with Crippen LogP contribution in [0, 0.1) is 5.41 Å². The molecule has 1 atom stereocenters. The van der Waals surface area contributed by atoms with Crippen molar-refractivity contribution in [1.82, 2.24) is 10.2 Å². The van der Waals surface area contributed by atoms with Gasteiger partial charge in [-0.1, -0.05) is 20.8 Å². The highest BCUT2D eigenvalue weighted by atomic mass is 79.9. The molecule has 2 heterocycles. The van der Waals surface area contributed by atoms with Crippen LogP contribution >= 0.6 is 27.3 Å². The Hall–Kier alpha value is 0.100. The van der Waals surface area contributed by atoms with Crippen LogP contribution in [0.3, 0.4) is 0 Å². The van der Waals surface area contributed by atoms with Gasteiger partial charge in [0.05, 0.1) is 0 Å². The van der Waals surface area contributed by atoms with Gasteiger partial charge in [0.1, 0.15) is 0 Å². The monoisotopic (exact) mass is 316 g/mol. The third-order valence-electron chi connectivity index (χ3n) is 3.39. The number of nitrogens with one attached hydrogen (secondary N) is 1. The van der Waals surface area contributed by atoms with Gasteiger partial charge in [-0.2, -0.15) is 0 Å². The van der Waals surface area contributed by atoms with E-state index < -0.39 is 0 Å². The molecule has 1 aromatic heterocycles. The Labute approximate surface area is 117 Å². The Bertz CT molecular complexity index is 370. The second kappa shape index (κ2) is 5.39. The first-order valence-electron chi connectivity index (χ1n) is 6.15. The number of hydrogen-bond acceptors (Lipinski definition) is 3. The molecule has 4 heteroatoms. The fourth-order valence-corrected chi connectivity index (χ4v) is 3.91. The fraction of sp³-hybridized carbons (Fsp3) is 0.692. The lowest BCUT2D eigenvalue weighted by atomic mass is 9.84. The average molecular weight is 317 g/mol. The highest BCUT2D eigenvalue weighted by Gasteiger charge is 2.32. The zero-order valence-corrected chi connectivity index (χ0v) is 13.2. The molecule has 1 fully saturated rings. The van der Waals surface area contributed by atoms with E-state index >= 15 is 0 Å². The predicted molar refractivity (Wildman–Crippen MR) is 78.5 cm³/mol. The van der Waals surface area contributed by atoms with Gasteiger partial charge in [-0.25, -0.2) is 0 Å². The van der Waals surface area contributed by atoms with E-state index in [4.69, 9.17) is 0 Å². The lowest BCUT2D eigenvalue weighted by Crippen LogP contribution is -2.56. The number of thiophene rings is 1. The Balaban J connectivity index is 2.10. The van der Waals surface area contributed by atoms with Gasteiger partial charge >= 0.3 is 0 Å². The van der Waals surface area contributed by atoms with E-state index in [1.165, 1.54) is 9.35 Å². The molecular formula is C13H21BrN2S. The maximum atomic E-state index is 3.63. The van der Waals surface area contributed by atoms with Crippen molar-refractivity contribution in [2.24, 2.45) is 5.41 Å². The van der Waals surface area contributed by atoms with Crippen molar-refractivity contribution < 1.29 is 0 Å². The van der Waals surface area contributed by atoms with E-state index in [-0.39, 0.29) is 0 Å². The Morgan fingerprint density at radius 2 is 2.29 bits per heavy atom. The van der Waals surface area contributed by atoms with Crippen LogP contribution in [0.2, 0.25) is 0 Å². The molecule has 17 heavy (non-hydrogen) atoms. The minimum absolute atomic E-state index is 0.331. The smallest absolute Gasteiger partial charge is 0.0343 e. The van der Waals surface area contributed by atoms with E-state index in [0.717, 1.165) is 26.2 Å². The quantitative estimate of drug-likeness (QED) is 0.900. The van der Waals surface area contributed by atoms with Gasteiger partial charge in [0, 0.05) is 41.6 Å². The summed E-state index contributed by atoms with van der Waals surface area (Å²) in [4.78, 5) is 4.06. The van der Waals surface area contributed by atoms with Crippen LogP contribution in [0.25, 0.3) is 0 Å². The van der Waals surface area contributed by atoms with Gasteiger partial charge in [-0.15, -0.1) is 11.3 Å². The minimum atomic E-state index is 0.331. The lowest BCUT2D eigenvalue weighted by Gasteiger charge is -2.43. The van der Waals surface area contributed by atoms with Crippen molar-refractivity contribution in [3.63, 3.8) is 0 Å². The molecule has 1 aliphatic heterocycles. The molecule has 0 radical (unpaired) electrons. The van der Waals surface area contributed by atoms with Crippen LogP contribution in [0.1, 0.15) is 25.6 Å². The Morgan fingerprint density at radius 3 is 2.88 bits per heavy atom. The maximum Gasteiger partial charge on any atom is 0.0343 e. The second-order valence-electron chi connectivity index (χ2n) is 5.75. The van der Waals surface area contributed by atoms with Gasteiger partial charge in [0.2, 0.25) is 0 Å². The van der Waals surface area contributed by atoms with E-state index in [9.17, 15) is 0 Å². The van der Waals surface area contributed by atoms with Crippen LogP contribution in [0.15, 0.2) is 15.9 Å². The fourth-order valence-electron chi connectivity index (χ4n) is 2.41. The molecular weight excluding hydrogens is 296 g/mol. The van der Waals surface area contributed by atoms with Crippen molar-refractivity contribution in [2.45, 2.75) is 33.4 Å². The van der Waals surface area contributed by atoms with Gasteiger partial charge in [-0.3, -0.25) is 4.90 Å². The lowest BCUT2D eigenvalue weighted by molar-refractivity contribution is 0.0696. The van der Waals surface area contributed by atoms with E-state index in [1.54, 1.807) is 0 Å². The summed E-state index contributed by atoms with van der Waals surface area (Å²) < 4.78 is 1.26. The molecule has 0 amide bonds. The summed E-state index contributed by atoms with van der Waals surface area (Å²) in [6.45, 7) is 11.4. The molecule has 1 saturated heterocycles. The number of nitrogens with zero attached hydrogens (tertiary/aromatic N) is 1. The molecule has 0 saturated carbocycles. The molecule has 0 bridgehead atoms. The molecule has 2 nitrogen and oxygen atoms in total. The first-order chi connectivity index (χ1) is 7.98. The van der Waals surface area contributed by atoms with Crippen molar-refractivity contribution in [2.75, 3.05) is 19.6 Å². The van der Waals surface area contributed by atoms with Crippen LogP contribution in [-0.4, -0.2) is 30.6 Å². The first kappa shape index (κ1) is 13.5. The third-order valence-corrected chi connectivity index (χ3v) is 5.30. The predicted octanol–water partition coefficient (Wildman–Crippen LogP) is 3.33. The van der Waals surface area contributed by atoms with Crippen LogP contribution in [0.4, 0.5) is 0 Å². The molecule has 1 aromatic rings. The van der Waals surface area contributed by atoms with E-state index in [2.05, 4.69) is 58.4 Å². The first-order valence-corrected chi connectivity index (χ1v) is 7.82. The highest BCUT2D eigenvalue weighted by Crippen LogP contribution is 2.30. The minimum Gasteiger partial charge on any atom is -0.314 e. The van der Waals surface area contributed by atoms with Gasteiger partial charge in [0.25, 0.3) is 0 Å². The molecule has 0 aliphatic carbocycles. The van der Waals surface area contributed by atoms with E-state index in [1.807, 2.05) is 11.3 Å². The molecule has 1 unspecified atom stereocenters. The zero-order chi connectivity index (χ0) is 12.5. The van der Waals surface area contributed by atoms with Crippen molar-refractivity contribution in [1.29, 1.82) is 0 Å². The SMILES string of the molecule is CC(C)(C)C1CNCCN1Cc1sccc1Br. The molecule has 0 aromatic carbocycles. The number of hydrogen-bond donors (Lipinski definition) is 1. The average Bonchev–Trinajstić information content (AvgIpc) is 2.64. The summed E-state index contributed by atoms with van der Waals surface area (Å²) in [6, 6.07) is 2.76. The molecule has 1 N–H and O–H groups in total. The second-order valence-corrected chi connectivity index (χ2v) is 7.60. The van der Waals surface area contributed by atoms with Gasteiger partial charge in [0.15, 0.2) is 0 Å². The number of rotatable bonds is 2. The summed E-state index contributed by atoms with van der Waals surface area (Å²) in [5.74, 6) is 0. The topological polar surface area (TPSA) is 15.3 Å². The van der Waals surface area contributed by atoms with Crippen LogP contribution < -0.4 is 5.32 Å². The summed E-state index contributed by atoms with van der Waals surface area (Å²) >= 11 is 5.48. The summed E-state index contributed by atoms with van der Waals surface area (Å²) in [5.41, 5.74) is 0.331.